The maximum absolute atomic E-state index is 4.59. The van der Waals surface area contributed by atoms with E-state index in [1.807, 2.05) is 6.92 Å². The van der Waals surface area contributed by atoms with Crippen molar-refractivity contribution in [3.8, 4) is 0 Å². The van der Waals surface area contributed by atoms with E-state index in [4.69, 9.17) is 0 Å². The van der Waals surface area contributed by atoms with Gasteiger partial charge in [0.05, 0.1) is 12.4 Å². The van der Waals surface area contributed by atoms with E-state index >= 15 is 0 Å². The Morgan fingerprint density at radius 1 is 1.21 bits per heavy atom. The maximum Gasteiger partial charge on any atom is 0.153 e. The number of anilines is 3. The highest BCUT2D eigenvalue weighted by Gasteiger charge is 2.09. The highest BCUT2D eigenvalue weighted by molar-refractivity contribution is 5.61. The molecule has 0 amide bonds. The van der Waals surface area contributed by atoms with Gasteiger partial charge in [0.1, 0.15) is 5.82 Å². The Bertz CT molecular complexity index is 539. The van der Waals surface area contributed by atoms with E-state index in [0.29, 0.717) is 0 Å². The van der Waals surface area contributed by atoms with Crippen LogP contribution >= 0.6 is 0 Å². The Morgan fingerprint density at radius 3 is 2.74 bits per heavy atom. The Hall–Kier alpha value is -2.10. The highest BCUT2D eigenvalue weighted by Crippen LogP contribution is 2.24. The zero-order valence-corrected chi connectivity index (χ0v) is 11.7. The fourth-order valence-corrected chi connectivity index (χ4v) is 2.02. The second-order valence-electron chi connectivity index (χ2n) is 4.38. The van der Waals surface area contributed by atoms with Gasteiger partial charge in [-0.2, -0.15) is 0 Å². The molecule has 4 nitrogen and oxygen atoms in total. The lowest BCUT2D eigenvalue weighted by Crippen LogP contribution is -2.18. The lowest BCUT2D eigenvalue weighted by Gasteiger charge is -2.22. The molecule has 0 bridgehead atoms. The number of nitrogens with zero attached hydrogens (tertiary/aromatic N) is 3. The summed E-state index contributed by atoms with van der Waals surface area (Å²) in [6.45, 7) is 7.96. The van der Waals surface area contributed by atoms with Gasteiger partial charge in [0.15, 0.2) is 5.82 Å². The van der Waals surface area contributed by atoms with Crippen LogP contribution in [0.2, 0.25) is 0 Å². The van der Waals surface area contributed by atoms with Crippen molar-refractivity contribution in [3.05, 3.63) is 42.2 Å². The van der Waals surface area contributed by atoms with Crippen LogP contribution in [0.3, 0.4) is 0 Å². The van der Waals surface area contributed by atoms with Crippen LogP contribution in [-0.4, -0.2) is 23.1 Å². The van der Waals surface area contributed by atoms with Gasteiger partial charge in [-0.05, 0) is 38.5 Å². The summed E-state index contributed by atoms with van der Waals surface area (Å²) >= 11 is 0. The molecule has 1 aromatic carbocycles. The van der Waals surface area contributed by atoms with Gasteiger partial charge in [-0.1, -0.05) is 12.1 Å². The summed E-state index contributed by atoms with van der Waals surface area (Å²) in [6.07, 6.45) is 3.55. The molecule has 1 heterocycles. The normalized spacial score (nSPS) is 10.3. The Balaban J connectivity index is 2.33. The van der Waals surface area contributed by atoms with Gasteiger partial charge in [0.2, 0.25) is 0 Å². The zero-order valence-electron chi connectivity index (χ0n) is 11.7. The first-order chi connectivity index (χ1) is 9.24. The lowest BCUT2D eigenvalue weighted by atomic mass is 10.2. The van der Waals surface area contributed by atoms with E-state index in [0.717, 1.165) is 30.4 Å². The van der Waals surface area contributed by atoms with Crippen LogP contribution in [-0.2, 0) is 0 Å². The molecule has 0 fully saturated rings. The number of hydrogen-bond donors (Lipinski definition) is 1. The molecule has 0 aliphatic heterocycles. The molecule has 1 N–H and O–H groups in total. The summed E-state index contributed by atoms with van der Waals surface area (Å²) in [5.41, 5.74) is 2.39. The molecule has 4 heteroatoms. The standard InChI is InChI=1S/C15H20N4/c1-4-17-14-10-16-11-15(18-14)19(5-2)13-8-6-7-12(3)9-13/h6-11H,4-5H2,1-3H3,(H,17,18). The molecule has 2 rings (SSSR count). The average molecular weight is 256 g/mol. The number of aryl methyl sites for hydroxylation is 1. The van der Waals surface area contributed by atoms with Crippen molar-refractivity contribution in [2.75, 3.05) is 23.3 Å². The van der Waals surface area contributed by atoms with Crippen LogP contribution in [0.4, 0.5) is 17.3 Å². The van der Waals surface area contributed by atoms with Crippen LogP contribution in [0, 0.1) is 6.92 Å². The molecule has 0 radical (unpaired) electrons. The SMILES string of the molecule is CCNc1cncc(N(CC)c2cccc(C)c2)n1. The molecule has 0 unspecified atom stereocenters. The molecule has 0 spiro atoms. The molecule has 0 atom stereocenters. The van der Waals surface area contributed by atoms with Crippen LogP contribution in [0.15, 0.2) is 36.7 Å². The monoisotopic (exact) mass is 256 g/mol. The molecular formula is C15H20N4. The number of aromatic nitrogens is 2. The van der Waals surface area contributed by atoms with E-state index < -0.39 is 0 Å². The molecule has 2 aromatic rings. The summed E-state index contributed by atoms with van der Waals surface area (Å²) in [7, 11) is 0. The van der Waals surface area contributed by atoms with Crippen molar-refractivity contribution >= 4 is 17.3 Å². The van der Waals surface area contributed by atoms with Gasteiger partial charge in [0.25, 0.3) is 0 Å². The van der Waals surface area contributed by atoms with Gasteiger partial charge < -0.3 is 10.2 Å². The fraction of sp³-hybridized carbons (Fsp3) is 0.333. The Labute approximate surface area is 114 Å². The molecule has 0 aliphatic rings. The topological polar surface area (TPSA) is 41.1 Å². The number of rotatable bonds is 5. The number of benzene rings is 1. The van der Waals surface area contributed by atoms with E-state index in [1.54, 1.807) is 12.4 Å². The van der Waals surface area contributed by atoms with Crippen molar-refractivity contribution in [3.63, 3.8) is 0 Å². The predicted molar refractivity (Wildman–Crippen MR) is 80.1 cm³/mol. The van der Waals surface area contributed by atoms with Crippen molar-refractivity contribution in [1.29, 1.82) is 0 Å². The third kappa shape index (κ3) is 3.22. The van der Waals surface area contributed by atoms with Gasteiger partial charge in [0, 0.05) is 18.8 Å². The van der Waals surface area contributed by atoms with Crippen molar-refractivity contribution in [2.45, 2.75) is 20.8 Å². The maximum atomic E-state index is 4.59. The fourth-order valence-electron chi connectivity index (χ4n) is 2.02. The Kier molecular flexibility index (Phi) is 4.34. The van der Waals surface area contributed by atoms with Gasteiger partial charge in [-0.3, -0.25) is 4.98 Å². The molecule has 0 aliphatic carbocycles. The second-order valence-corrected chi connectivity index (χ2v) is 4.38. The quantitative estimate of drug-likeness (QED) is 0.890. The third-order valence-corrected chi connectivity index (χ3v) is 2.89. The van der Waals surface area contributed by atoms with Crippen LogP contribution in [0.25, 0.3) is 0 Å². The minimum atomic E-state index is 0.811. The first-order valence-electron chi connectivity index (χ1n) is 6.64. The first kappa shape index (κ1) is 13.3. The third-order valence-electron chi connectivity index (χ3n) is 2.89. The van der Waals surface area contributed by atoms with Crippen molar-refractivity contribution in [2.24, 2.45) is 0 Å². The lowest BCUT2D eigenvalue weighted by molar-refractivity contribution is 0.972. The molecular weight excluding hydrogens is 236 g/mol. The van der Waals surface area contributed by atoms with Crippen LogP contribution < -0.4 is 10.2 Å². The van der Waals surface area contributed by atoms with Gasteiger partial charge in [-0.25, -0.2) is 4.98 Å². The summed E-state index contributed by atoms with van der Waals surface area (Å²) in [4.78, 5) is 11.0. The smallest absolute Gasteiger partial charge is 0.153 e. The minimum Gasteiger partial charge on any atom is -0.369 e. The van der Waals surface area contributed by atoms with E-state index in [-0.39, 0.29) is 0 Å². The number of hydrogen-bond acceptors (Lipinski definition) is 4. The molecule has 19 heavy (non-hydrogen) atoms. The van der Waals surface area contributed by atoms with E-state index in [2.05, 4.69) is 58.3 Å². The zero-order chi connectivity index (χ0) is 13.7. The second kappa shape index (κ2) is 6.18. The summed E-state index contributed by atoms with van der Waals surface area (Å²) in [5, 5.41) is 3.19. The van der Waals surface area contributed by atoms with E-state index in [9.17, 15) is 0 Å². The summed E-state index contributed by atoms with van der Waals surface area (Å²) < 4.78 is 0. The van der Waals surface area contributed by atoms with Crippen LogP contribution in [0.5, 0.6) is 0 Å². The van der Waals surface area contributed by atoms with E-state index in [1.165, 1.54) is 5.56 Å². The largest absolute Gasteiger partial charge is 0.369 e. The summed E-state index contributed by atoms with van der Waals surface area (Å²) in [6, 6.07) is 8.41. The number of nitrogens with one attached hydrogen (secondary N) is 1. The molecule has 0 saturated carbocycles. The minimum absolute atomic E-state index is 0.811. The first-order valence-corrected chi connectivity index (χ1v) is 6.64. The predicted octanol–water partition coefficient (Wildman–Crippen LogP) is 3.37. The highest BCUT2D eigenvalue weighted by atomic mass is 15.2. The van der Waals surface area contributed by atoms with Crippen molar-refractivity contribution in [1.82, 2.24) is 9.97 Å². The van der Waals surface area contributed by atoms with Crippen molar-refractivity contribution < 1.29 is 0 Å². The average Bonchev–Trinajstić information content (AvgIpc) is 2.41. The molecule has 1 aromatic heterocycles. The van der Waals surface area contributed by atoms with Gasteiger partial charge >= 0.3 is 0 Å². The van der Waals surface area contributed by atoms with Gasteiger partial charge in [-0.15, -0.1) is 0 Å². The Morgan fingerprint density at radius 2 is 2.05 bits per heavy atom. The molecule has 100 valence electrons. The summed E-state index contributed by atoms with van der Waals surface area (Å²) in [5.74, 6) is 1.68. The van der Waals surface area contributed by atoms with Crippen LogP contribution in [0.1, 0.15) is 19.4 Å². The molecule has 0 saturated heterocycles.